The van der Waals surface area contributed by atoms with E-state index in [9.17, 15) is 14.4 Å². The fraction of sp³-hybridized carbons (Fsp3) is 0.438. The maximum Gasteiger partial charge on any atom is 0.326 e. The van der Waals surface area contributed by atoms with Gasteiger partial charge in [-0.25, -0.2) is 4.79 Å². The second kappa shape index (κ2) is 7.59. The van der Waals surface area contributed by atoms with Gasteiger partial charge in [0.05, 0.1) is 0 Å². The van der Waals surface area contributed by atoms with Crippen molar-refractivity contribution < 1.29 is 19.5 Å². The van der Waals surface area contributed by atoms with E-state index in [0.717, 1.165) is 5.56 Å². The van der Waals surface area contributed by atoms with E-state index < -0.39 is 24.0 Å². The maximum atomic E-state index is 12.0. The van der Waals surface area contributed by atoms with Crippen LogP contribution in [-0.4, -0.2) is 35.0 Å². The summed E-state index contributed by atoms with van der Waals surface area (Å²) < 4.78 is 0. The molecule has 120 valence electrons. The van der Waals surface area contributed by atoms with E-state index in [-0.39, 0.29) is 11.8 Å². The zero-order chi connectivity index (χ0) is 16.9. The van der Waals surface area contributed by atoms with Gasteiger partial charge >= 0.3 is 5.97 Å². The summed E-state index contributed by atoms with van der Waals surface area (Å²) in [5.74, 6) is -2.25. The van der Waals surface area contributed by atoms with Crippen molar-refractivity contribution in [2.24, 2.45) is 5.92 Å². The lowest BCUT2D eigenvalue weighted by Gasteiger charge is -2.21. The topological polar surface area (TPSA) is 95.5 Å². The molecule has 0 aliphatic rings. The van der Waals surface area contributed by atoms with Crippen molar-refractivity contribution in [2.45, 2.75) is 39.8 Å². The molecule has 2 atom stereocenters. The van der Waals surface area contributed by atoms with Gasteiger partial charge in [-0.15, -0.1) is 0 Å². The second-order valence-corrected chi connectivity index (χ2v) is 5.63. The number of carbonyl (C=O) groups excluding carboxylic acids is 2. The maximum absolute atomic E-state index is 12.0. The van der Waals surface area contributed by atoms with E-state index in [1.165, 1.54) is 6.92 Å². The van der Waals surface area contributed by atoms with Crippen LogP contribution in [0.3, 0.4) is 0 Å². The van der Waals surface area contributed by atoms with Crippen molar-refractivity contribution in [3.8, 4) is 0 Å². The molecule has 3 N–H and O–H groups in total. The number of nitrogens with one attached hydrogen (secondary N) is 2. The van der Waals surface area contributed by atoms with Gasteiger partial charge < -0.3 is 15.7 Å². The summed E-state index contributed by atoms with van der Waals surface area (Å²) >= 11 is 0. The third kappa shape index (κ3) is 4.87. The monoisotopic (exact) mass is 306 g/mol. The SMILES string of the molecule is Cc1ccc(C(=O)N[C@@H](C)C(=O)N[C@H](C(=O)O)C(C)C)cc1. The Balaban J connectivity index is 2.65. The Labute approximate surface area is 129 Å². The normalized spacial score (nSPS) is 13.3. The number of benzene rings is 1. The molecular formula is C16H22N2O4. The van der Waals surface area contributed by atoms with Crippen LogP contribution in [0, 0.1) is 12.8 Å². The quantitative estimate of drug-likeness (QED) is 0.739. The molecule has 0 saturated heterocycles. The van der Waals surface area contributed by atoms with Gasteiger partial charge in [-0.2, -0.15) is 0 Å². The van der Waals surface area contributed by atoms with Crippen LogP contribution in [0.1, 0.15) is 36.7 Å². The Morgan fingerprint density at radius 1 is 1.00 bits per heavy atom. The van der Waals surface area contributed by atoms with Crippen molar-refractivity contribution in [2.75, 3.05) is 0 Å². The van der Waals surface area contributed by atoms with Gasteiger partial charge in [0.1, 0.15) is 12.1 Å². The number of carboxylic acid groups (broad SMARTS) is 1. The first-order chi connectivity index (χ1) is 10.2. The van der Waals surface area contributed by atoms with Gasteiger partial charge in [0, 0.05) is 5.56 Å². The van der Waals surface area contributed by atoms with E-state index in [1.54, 1.807) is 38.1 Å². The van der Waals surface area contributed by atoms with Crippen LogP contribution in [-0.2, 0) is 9.59 Å². The highest BCUT2D eigenvalue weighted by atomic mass is 16.4. The van der Waals surface area contributed by atoms with Gasteiger partial charge in [0.2, 0.25) is 5.91 Å². The minimum absolute atomic E-state index is 0.249. The fourth-order valence-electron chi connectivity index (χ4n) is 1.84. The number of hydrogen-bond acceptors (Lipinski definition) is 3. The molecule has 0 spiro atoms. The summed E-state index contributed by atoms with van der Waals surface area (Å²) in [6.45, 7) is 6.83. The molecule has 22 heavy (non-hydrogen) atoms. The molecule has 1 aromatic rings. The van der Waals surface area contributed by atoms with Gasteiger partial charge in [-0.3, -0.25) is 9.59 Å². The molecule has 0 bridgehead atoms. The minimum Gasteiger partial charge on any atom is -0.480 e. The number of carbonyl (C=O) groups is 3. The summed E-state index contributed by atoms with van der Waals surface area (Å²) in [6, 6.07) is 5.14. The van der Waals surface area contributed by atoms with E-state index in [4.69, 9.17) is 5.11 Å². The first kappa shape index (κ1) is 17.7. The van der Waals surface area contributed by atoms with E-state index in [2.05, 4.69) is 10.6 Å². The third-order valence-corrected chi connectivity index (χ3v) is 3.29. The molecule has 6 nitrogen and oxygen atoms in total. The molecule has 2 amide bonds. The molecule has 1 rings (SSSR count). The van der Waals surface area contributed by atoms with Gasteiger partial charge in [0.25, 0.3) is 5.91 Å². The number of rotatable bonds is 6. The third-order valence-electron chi connectivity index (χ3n) is 3.29. The average Bonchev–Trinajstić information content (AvgIpc) is 2.44. The predicted molar refractivity (Wildman–Crippen MR) is 82.5 cm³/mol. The molecule has 0 aliphatic carbocycles. The second-order valence-electron chi connectivity index (χ2n) is 5.63. The molecule has 0 unspecified atom stereocenters. The molecule has 0 radical (unpaired) electrons. The number of carboxylic acids is 1. The average molecular weight is 306 g/mol. The number of amides is 2. The van der Waals surface area contributed by atoms with E-state index in [1.807, 2.05) is 6.92 Å². The Hall–Kier alpha value is -2.37. The van der Waals surface area contributed by atoms with Crippen LogP contribution in [0.4, 0.5) is 0 Å². The van der Waals surface area contributed by atoms with Crippen molar-refractivity contribution in [1.82, 2.24) is 10.6 Å². The number of hydrogen-bond donors (Lipinski definition) is 3. The lowest BCUT2D eigenvalue weighted by molar-refractivity contribution is -0.143. The zero-order valence-electron chi connectivity index (χ0n) is 13.2. The Kier molecular flexibility index (Phi) is 6.10. The highest BCUT2D eigenvalue weighted by Gasteiger charge is 2.26. The largest absolute Gasteiger partial charge is 0.480 e. The molecule has 0 aromatic heterocycles. The van der Waals surface area contributed by atoms with Crippen LogP contribution in [0.5, 0.6) is 0 Å². The first-order valence-electron chi connectivity index (χ1n) is 7.13. The molecule has 0 fully saturated rings. The fourth-order valence-corrected chi connectivity index (χ4v) is 1.84. The van der Waals surface area contributed by atoms with Crippen LogP contribution in [0.2, 0.25) is 0 Å². The van der Waals surface area contributed by atoms with Crippen LogP contribution in [0.15, 0.2) is 24.3 Å². The van der Waals surface area contributed by atoms with Gasteiger partial charge in [0.15, 0.2) is 0 Å². The summed E-state index contributed by atoms with van der Waals surface area (Å²) in [7, 11) is 0. The smallest absolute Gasteiger partial charge is 0.326 e. The standard InChI is InChI=1S/C16H22N2O4/c1-9(2)13(16(21)22)18-14(19)11(4)17-15(20)12-7-5-10(3)6-8-12/h5-9,11,13H,1-4H3,(H,17,20)(H,18,19)(H,21,22)/t11-,13-/m0/s1. The first-order valence-corrected chi connectivity index (χ1v) is 7.13. The summed E-state index contributed by atoms with van der Waals surface area (Å²) in [4.78, 5) is 35.1. The van der Waals surface area contributed by atoms with Crippen molar-refractivity contribution in [1.29, 1.82) is 0 Å². The van der Waals surface area contributed by atoms with Crippen LogP contribution >= 0.6 is 0 Å². The van der Waals surface area contributed by atoms with E-state index in [0.29, 0.717) is 5.56 Å². The number of aryl methyl sites for hydroxylation is 1. The highest BCUT2D eigenvalue weighted by molar-refractivity contribution is 5.98. The molecule has 0 heterocycles. The molecule has 1 aromatic carbocycles. The van der Waals surface area contributed by atoms with Crippen LogP contribution in [0.25, 0.3) is 0 Å². The predicted octanol–water partition coefficient (Wildman–Crippen LogP) is 1.34. The Bertz CT molecular complexity index is 552. The molecule has 6 heteroatoms. The Morgan fingerprint density at radius 2 is 1.55 bits per heavy atom. The molecule has 0 aliphatic heterocycles. The minimum atomic E-state index is -1.10. The van der Waals surface area contributed by atoms with Crippen molar-refractivity contribution in [3.63, 3.8) is 0 Å². The van der Waals surface area contributed by atoms with Crippen molar-refractivity contribution in [3.05, 3.63) is 35.4 Å². The van der Waals surface area contributed by atoms with Gasteiger partial charge in [-0.05, 0) is 31.9 Å². The zero-order valence-corrected chi connectivity index (χ0v) is 13.2. The molecule has 0 saturated carbocycles. The van der Waals surface area contributed by atoms with Gasteiger partial charge in [-0.1, -0.05) is 31.5 Å². The lowest BCUT2D eigenvalue weighted by Crippen LogP contribution is -2.52. The van der Waals surface area contributed by atoms with E-state index >= 15 is 0 Å². The number of aliphatic carboxylic acids is 1. The molecular weight excluding hydrogens is 284 g/mol. The van der Waals surface area contributed by atoms with Crippen molar-refractivity contribution >= 4 is 17.8 Å². The lowest BCUT2D eigenvalue weighted by atomic mass is 10.0. The summed E-state index contributed by atoms with van der Waals surface area (Å²) in [5, 5.41) is 14.0. The highest BCUT2D eigenvalue weighted by Crippen LogP contribution is 2.05. The Morgan fingerprint density at radius 3 is 2.00 bits per heavy atom. The summed E-state index contributed by atoms with van der Waals surface area (Å²) in [5.41, 5.74) is 1.48. The summed E-state index contributed by atoms with van der Waals surface area (Å²) in [6.07, 6.45) is 0. The van der Waals surface area contributed by atoms with Crippen LogP contribution < -0.4 is 10.6 Å².